The lowest BCUT2D eigenvalue weighted by atomic mass is 10.0. The molecule has 2 heterocycles. The second kappa shape index (κ2) is 18.0. The van der Waals surface area contributed by atoms with Gasteiger partial charge >= 0.3 is 0 Å². The molecule has 2 aromatic carbocycles. The van der Waals surface area contributed by atoms with E-state index in [0.717, 1.165) is 11.1 Å². The maximum atomic E-state index is 14.1. The topological polar surface area (TPSA) is 165 Å². The summed E-state index contributed by atoms with van der Waals surface area (Å²) in [4.78, 5) is 61.1. The molecule has 3 atom stereocenters. The number of nitrogens with one attached hydrogen (secondary N) is 3. The fourth-order valence-electron chi connectivity index (χ4n) is 5.82. The van der Waals surface area contributed by atoms with Crippen LogP contribution in [-0.4, -0.2) is 79.5 Å². The minimum absolute atomic E-state index is 0.0560. The fourth-order valence-corrected chi connectivity index (χ4v) is 6.79. The van der Waals surface area contributed by atoms with Crippen molar-refractivity contribution in [3.05, 3.63) is 75.2 Å². The van der Waals surface area contributed by atoms with Crippen molar-refractivity contribution in [1.82, 2.24) is 25.8 Å². The number of thiazole rings is 1. The predicted molar refractivity (Wildman–Crippen MR) is 193 cm³/mol. The van der Waals surface area contributed by atoms with Crippen molar-refractivity contribution in [3.8, 4) is 11.5 Å². The number of carbonyl (C=O) groups excluding carboxylic acids is 4. The average molecular weight is 707 g/mol. The summed E-state index contributed by atoms with van der Waals surface area (Å²) in [5, 5.41) is 11.3. The first kappa shape index (κ1) is 38.3. The van der Waals surface area contributed by atoms with Gasteiger partial charge in [-0.3, -0.25) is 19.2 Å². The Kier molecular flexibility index (Phi) is 13.8. The highest BCUT2D eigenvalue weighted by molar-refractivity contribution is 7.09. The zero-order valence-electron chi connectivity index (χ0n) is 29.8. The number of amides is 4. The third kappa shape index (κ3) is 10.5. The van der Waals surface area contributed by atoms with Crippen LogP contribution in [-0.2, 0) is 22.4 Å². The van der Waals surface area contributed by atoms with E-state index in [0.29, 0.717) is 47.9 Å². The molecule has 1 aliphatic heterocycles. The van der Waals surface area contributed by atoms with E-state index in [2.05, 4.69) is 20.9 Å². The highest BCUT2D eigenvalue weighted by atomic mass is 32.1. The maximum Gasteiger partial charge on any atom is 0.273 e. The lowest BCUT2D eigenvalue weighted by molar-refractivity contribution is -0.123. The van der Waals surface area contributed by atoms with Crippen LogP contribution >= 0.6 is 11.3 Å². The minimum atomic E-state index is -0.946. The number of aryl methyl sites for hydroxylation is 1. The monoisotopic (exact) mass is 706 g/mol. The third-order valence-electron chi connectivity index (χ3n) is 8.62. The second-order valence-corrected chi connectivity index (χ2v) is 14.3. The number of rotatable bonds is 9. The van der Waals surface area contributed by atoms with E-state index in [4.69, 9.17) is 15.2 Å². The molecule has 1 aromatic heterocycles. The number of methoxy groups -OCH3 is 2. The summed E-state index contributed by atoms with van der Waals surface area (Å²) in [6, 6.07) is 10.7. The van der Waals surface area contributed by atoms with Crippen molar-refractivity contribution in [3.63, 3.8) is 0 Å². The largest absolute Gasteiger partial charge is 0.497 e. The summed E-state index contributed by atoms with van der Waals surface area (Å²) in [6.45, 7) is 8.19. The van der Waals surface area contributed by atoms with Crippen LogP contribution in [0.5, 0.6) is 11.5 Å². The lowest BCUT2D eigenvalue weighted by Gasteiger charge is -2.30. The SMILES string of the molecule is COc1ccc(C[C@@H]2NC(=O)c3ccc(OC)c(c3)CCCNC(=O)CN(C(=O)c3csc([C@@H](N)C(C)C)n3)CC(CC(C)C)NC2=O)cc1. The molecule has 0 radical (unpaired) electrons. The molecule has 1 unspecified atom stereocenters. The molecular weight excluding hydrogens is 657 g/mol. The molecule has 0 saturated heterocycles. The summed E-state index contributed by atoms with van der Waals surface area (Å²) in [5.41, 5.74) is 8.52. The van der Waals surface area contributed by atoms with Gasteiger partial charge in [-0.1, -0.05) is 39.8 Å². The van der Waals surface area contributed by atoms with Crippen molar-refractivity contribution in [2.24, 2.45) is 17.6 Å². The van der Waals surface area contributed by atoms with Crippen molar-refractivity contribution < 1.29 is 28.7 Å². The number of benzene rings is 2. The Balaban J connectivity index is 1.70. The van der Waals surface area contributed by atoms with Gasteiger partial charge in [-0.25, -0.2) is 4.98 Å². The molecule has 5 N–H and O–H groups in total. The van der Waals surface area contributed by atoms with Crippen molar-refractivity contribution >= 4 is 35.0 Å². The van der Waals surface area contributed by atoms with Gasteiger partial charge in [-0.15, -0.1) is 11.3 Å². The molecular formula is C37H50N6O6S. The molecule has 50 heavy (non-hydrogen) atoms. The van der Waals surface area contributed by atoms with Gasteiger partial charge in [-0.05, 0) is 72.6 Å². The first-order valence-corrected chi connectivity index (χ1v) is 17.9. The standard InChI is InChI=1S/C37H50N6O6S/c1-22(2)16-27-19-43(37(47)30-21-50-36(42-30)33(38)23(3)4)20-32(44)39-15-7-8-25-18-26(11-14-31(25)49-6)34(45)41-29(35(46)40-27)17-24-9-12-28(48-5)13-10-24/h9-14,18,21-23,27,29,33H,7-8,15-17,19-20,38H2,1-6H3,(H,39,44)(H,40,46)(H,41,45)/t27?,29-,33-/m0/s1. The van der Waals surface area contributed by atoms with E-state index in [9.17, 15) is 19.2 Å². The number of nitrogens with zero attached hydrogens (tertiary/aromatic N) is 2. The van der Waals surface area contributed by atoms with Crippen LogP contribution in [0.3, 0.4) is 0 Å². The van der Waals surface area contributed by atoms with Crippen LogP contribution in [0.1, 0.15) is 83.6 Å². The van der Waals surface area contributed by atoms with Gasteiger partial charge in [0.25, 0.3) is 11.8 Å². The van der Waals surface area contributed by atoms with Crippen LogP contribution in [0, 0.1) is 11.8 Å². The zero-order valence-corrected chi connectivity index (χ0v) is 30.6. The van der Waals surface area contributed by atoms with E-state index in [-0.39, 0.29) is 49.0 Å². The normalized spacial score (nSPS) is 18.6. The van der Waals surface area contributed by atoms with Gasteiger partial charge < -0.3 is 36.1 Å². The lowest BCUT2D eigenvalue weighted by Crippen LogP contribution is -2.54. The summed E-state index contributed by atoms with van der Waals surface area (Å²) in [6.07, 6.45) is 1.82. The molecule has 3 aromatic rings. The fraction of sp³-hybridized carbons (Fsp3) is 0.486. The summed E-state index contributed by atoms with van der Waals surface area (Å²) in [5.74, 6) is -0.0177. The molecule has 13 heteroatoms. The Labute approximate surface area is 298 Å². The Morgan fingerprint density at radius 3 is 2.44 bits per heavy atom. The number of aromatic nitrogens is 1. The molecule has 0 aliphatic carbocycles. The molecule has 0 spiro atoms. The van der Waals surface area contributed by atoms with Gasteiger partial charge in [0.05, 0.1) is 26.8 Å². The number of nitrogens with two attached hydrogens (primary N) is 1. The first-order chi connectivity index (χ1) is 23.9. The minimum Gasteiger partial charge on any atom is -0.497 e. The Bertz CT molecular complexity index is 1620. The highest BCUT2D eigenvalue weighted by Gasteiger charge is 2.30. The van der Waals surface area contributed by atoms with Crippen LogP contribution < -0.4 is 31.2 Å². The number of ether oxygens (including phenoxy) is 2. The maximum absolute atomic E-state index is 14.1. The number of fused-ring (bicyclic) bond motifs is 2. The van der Waals surface area contributed by atoms with Crippen LogP contribution in [0.25, 0.3) is 0 Å². The average Bonchev–Trinajstić information content (AvgIpc) is 3.58. The Morgan fingerprint density at radius 2 is 1.78 bits per heavy atom. The van der Waals surface area contributed by atoms with E-state index < -0.39 is 29.8 Å². The summed E-state index contributed by atoms with van der Waals surface area (Å²) < 4.78 is 10.8. The quantitative estimate of drug-likeness (QED) is 0.260. The zero-order chi connectivity index (χ0) is 36.4. The van der Waals surface area contributed by atoms with Crippen molar-refractivity contribution in [2.75, 3.05) is 33.9 Å². The third-order valence-corrected chi connectivity index (χ3v) is 9.56. The van der Waals surface area contributed by atoms with Crippen LogP contribution in [0.4, 0.5) is 0 Å². The van der Waals surface area contributed by atoms with Crippen LogP contribution in [0.15, 0.2) is 47.8 Å². The van der Waals surface area contributed by atoms with E-state index in [1.807, 2.05) is 39.8 Å². The van der Waals surface area contributed by atoms with Gasteiger partial charge in [0.1, 0.15) is 28.2 Å². The van der Waals surface area contributed by atoms with Crippen molar-refractivity contribution in [1.29, 1.82) is 0 Å². The van der Waals surface area contributed by atoms with Crippen molar-refractivity contribution in [2.45, 2.75) is 71.5 Å². The van der Waals surface area contributed by atoms with Gasteiger partial charge in [0.15, 0.2) is 0 Å². The molecule has 0 fully saturated rings. The Morgan fingerprint density at radius 1 is 1.04 bits per heavy atom. The predicted octanol–water partition coefficient (Wildman–Crippen LogP) is 3.89. The molecule has 4 amide bonds. The summed E-state index contributed by atoms with van der Waals surface area (Å²) >= 11 is 1.31. The molecule has 2 bridgehead atoms. The Hall–Kier alpha value is -4.49. The highest BCUT2D eigenvalue weighted by Crippen LogP contribution is 2.24. The van der Waals surface area contributed by atoms with E-state index >= 15 is 0 Å². The molecule has 1 aliphatic rings. The molecule has 12 nitrogen and oxygen atoms in total. The van der Waals surface area contributed by atoms with Crippen LogP contribution in [0.2, 0.25) is 0 Å². The summed E-state index contributed by atoms with van der Waals surface area (Å²) in [7, 11) is 3.14. The molecule has 270 valence electrons. The number of hydrogen-bond donors (Lipinski definition) is 4. The van der Waals surface area contributed by atoms with Gasteiger partial charge in [0.2, 0.25) is 11.8 Å². The number of carbonyl (C=O) groups is 4. The van der Waals surface area contributed by atoms with E-state index in [1.54, 1.807) is 49.9 Å². The first-order valence-electron chi connectivity index (χ1n) is 17.1. The van der Waals surface area contributed by atoms with E-state index in [1.165, 1.54) is 16.2 Å². The van der Waals surface area contributed by atoms with Gasteiger partial charge in [-0.2, -0.15) is 0 Å². The molecule has 4 rings (SSSR count). The molecule has 0 saturated carbocycles. The smallest absolute Gasteiger partial charge is 0.273 e. The van der Waals surface area contributed by atoms with Gasteiger partial charge in [0, 0.05) is 36.5 Å². The number of hydrogen-bond acceptors (Lipinski definition) is 9. The second-order valence-electron chi connectivity index (χ2n) is 13.4.